The monoisotopic (exact) mass is 292 g/mol. The summed E-state index contributed by atoms with van der Waals surface area (Å²) in [5, 5.41) is 2.90. The predicted octanol–water partition coefficient (Wildman–Crippen LogP) is 4.03. The molecule has 0 radical (unpaired) electrons. The molecule has 112 valence electrons. The van der Waals surface area contributed by atoms with Gasteiger partial charge in [0.25, 0.3) is 5.91 Å². The molecule has 3 rings (SSSR count). The third kappa shape index (κ3) is 2.62. The van der Waals surface area contributed by atoms with Crippen LogP contribution >= 0.6 is 0 Å². The van der Waals surface area contributed by atoms with Crippen LogP contribution in [0, 0.1) is 0 Å². The summed E-state index contributed by atoms with van der Waals surface area (Å²) in [5.41, 5.74) is 4.84. The lowest BCUT2D eigenvalue weighted by atomic mass is 10.0. The van der Waals surface area contributed by atoms with Crippen molar-refractivity contribution in [3.8, 4) is 0 Å². The first-order valence-electron chi connectivity index (χ1n) is 7.70. The van der Waals surface area contributed by atoms with E-state index in [1.54, 1.807) is 0 Å². The van der Waals surface area contributed by atoms with Crippen LogP contribution in [0.3, 0.4) is 0 Å². The molecule has 0 atom stereocenters. The van der Waals surface area contributed by atoms with Crippen molar-refractivity contribution in [1.29, 1.82) is 0 Å². The molecule has 3 nitrogen and oxygen atoms in total. The van der Waals surface area contributed by atoms with Crippen LogP contribution in [-0.4, -0.2) is 19.0 Å². The average molecular weight is 292 g/mol. The largest absolute Gasteiger partial charge is 0.372 e. The molecule has 0 aliphatic carbocycles. The summed E-state index contributed by atoms with van der Waals surface area (Å²) in [6.45, 7) is 6.29. The fourth-order valence-electron chi connectivity index (χ4n) is 2.82. The van der Waals surface area contributed by atoms with Crippen molar-refractivity contribution < 1.29 is 4.79 Å². The highest BCUT2D eigenvalue weighted by molar-refractivity contribution is 6.34. The van der Waals surface area contributed by atoms with Crippen molar-refractivity contribution in [1.82, 2.24) is 0 Å². The maximum Gasteiger partial charge on any atom is 0.256 e. The van der Waals surface area contributed by atoms with Crippen LogP contribution in [0.2, 0.25) is 0 Å². The summed E-state index contributed by atoms with van der Waals surface area (Å²) in [5.74, 6) is -0.0333. The smallest absolute Gasteiger partial charge is 0.256 e. The first-order chi connectivity index (χ1) is 10.7. The number of fused-ring (bicyclic) bond motifs is 1. The summed E-state index contributed by atoms with van der Waals surface area (Å²) in [7, 11) is 0. The number of nitrogens with zero attached hydrogens (tertiary/aromatic N) is 1. The third-order valence-electron chi connectivity index (χ3n) is 4.04. The molecule has 1 amide bonds. The molecule has 0 aromatic heterocycles. The van der Waals surface area contributed by atoms with Gasteiger partial charge in [0.2, 0.25) is 0 Å². The molecule has 0 unspecified atom stereocenters. The number of amides is 1. The molecule has 22 heavy (non-hydrogen) atoms. The van der Waals surface area contributed by atoms with Gasteiger partial charge < -0.3 is 10.2 Å². The van der Waals surface area contributed by atoms with Crippen LogP contribution in [0.1, 0.15) is 25.0 Å². The number of anilines is 2. The van der Waals surface area contributed by atoms with Crippen molar-refractivity contribution in [3.63, 3.8) is 0 Å². The van der Waals surface area contributed by atoms with Gasteiger partial charge in [0.1, 0.15) is 0 Å². The quantitative estimate of drug-likeness (QED) is 0.863. The number of carbonyl (C=O) groups is 1. The molecule has 3 heteroatoms. The summed E-state index contributed by atoms with van der Waals surface area (Å²) >= 11 is 0. The van der Waals surface area contributed by atoms with Gasteiger partial charge in [0.05, 0.1) is 0 Å². The average Bonchev–Trinajstić information content (AvgIpc) is 2.86. The molecule has 0 saturated carbocycles. The number of benzene rings is 2. The zero-order valence-corrected chi connectivity index (χ0v) is 13.0. The molecule has 0 saturated heterocycles. The van der Waals surface area contributed by atoms with E-state index in [0.29, 0.717) is 0 Å². The van der Waals surface area contributed by atoms with Crippen molar-refractivity contribution >= 4 is 28.9 Å². The predicted molar refractivity (Wildman–Crippen MR) is 92.9 cm³/mol. The Balaban J connectivity index is 1.91. The van der Waals surface area contributed by atoms with Gasteiger partial charge in [0, 0.05) is 35.6 Å². The fraction of sp³-hybridized carbons (Fsp3) is 0.211. The van der Waals surface area contributed by atoms with Gasteiger partial charge in [-0.2, -0.15) is 0 Å². The summed E-state index contributed by atoms with van der Waals surface area (Å²) in [4.78, 5) is 14.4. The minimum Gasteiger partial charge on any atom is -0.372 e. The molecule has 1 heterocycles. The van der Waals surface area contributed by atoms with Crippen molar-refractivity contribution in [3.05, 3.63) is 59.7 Å². The van der Waals surface area contributed by atoms with E-state index >= 15 is 0 Å². The molecule has 2 aromatic rings. The van der Waals surface area contributed by atoms with E-state index in [-0.39, 0.29) is 5.91 Å². The second-order valence-electron chi connectivity index (χ2n) is 5.32. The molecule has 1 N–H and O–H groups in total. The van der Waals surface area contributed by atoms with E-state index in [1.165, 1.54) is 5.69 Å². The molecule has 0 fully saturated rings. The van der Waals surface area contributed by atoms with E-state index < -0.39 is 0 Å². The summed E-state index contributed by atoms with van der Waals surface area (Å²) in [6, 6.07) is 16.1. The van der Waals surface area contributed by atoms with Gasteiger partial charge in [-0.05, 0) is 43.7 Å². The minimum atomic E-state index is -0.0333. The normalized spacial score (nSPS) is 14.8. The molecule has 1 aliphatic rings. The maximum atomic E-state index is 12.1. The Bertz CT molecular complexity index is 712. The third-order valence-corrected chi connectivity index (χ3v) is 4.04. The summed E-state index contributed by atoms with van der Waals surface area (Å²) in [6.07, 6.45) is 1.95. The second-order valence-corrected chi connectivity index (χ2v) is 5.32. The van der Waals surface area contributed by atoms with Crippen LogP contribution in [-0.2, 0) is 4.79 Å². The van der Waals surface area contributed by atoms with Crippen molar-refractivity contribution in [2.45, 2.75) is 13.8 Å². The van der Waals surface area contributed by atoms with Gasteiger partial charge in [-0.15, -0.1) is 0 Å². The molecular weight excluding hydrogens is 272 g/mol. The van der Waals surface area contributed by atoms with E-state index in [4.69, 9.17) is 0 Å². The molecular formula is C19H20N2O. The Hall–Kier alpha value is -2.55. The Morgan fingerprint density at radius 3 is 2.36 bits per heavy atom. The highest BCUT2D eigenvalue weighted by atomic mass is 16.2. The molecule has 1 aliphatic heterocycles. The Morgan fingerprint density at radius 1 is 1.00 bits per heavy atom. The number of nitrogens with one attached hydrogen (secondary N) is 1. The van der Waals surface area contributed by atoms with Crippen LogP contribution in [0.4, 0.5) is 11.4 Å². The Labute approximate surface area is 131 Å². The number of hydrogen-bond donors (Lipinski definition) is 1. The zero-order valence-electron chi connectivity index (χ0n) is 13.0. The zero-order chi connectivity index (χ0) is 15.5. The number of carbonyl (C=O) groups excluding carboxylic acids is 1. The van der Waals surface area contributed by atoms with Gasteiger partial charge in [-0.25, -0.2) is 0 Å². The van der Waals surface area contributed by atoms with Crippen molar-refractivity contribution in [2.75, 3.05) is 23.3 Å². The molecule has 2 aromatic carbocycles. The number of para-hydroxylation sites is 1. The molecule has 0 spiro atoms. The molecule has 0 bridgehead atoms. The van der Waals surface area contributed by atoms with Crippen LogP contribution < -0.4 is 10.2 Å². The topological polar surface area (TPSA) is 32.3 Å². The van der Waals surface area contributed by atoms with Crippen LogP contribution in [0.5, 0.6) is 0 Å². The van der Waals surface area contributed by atoms with E-state index in [2.05, 4.69) is 48.3 Å². The first-order valence-corrected chi connectivity index (χ1v) is 7.70. The van der Waals surface area contributed by atoms with E-state index in [9.17, 15) is 4.79 Å². The number of rotatable bonds is 4. The van der Waals surface area contributed by atoms with Gasteiger partial charge in [0.15, 0.2) is 0 Å². The van der Waals surface area contributed by atoms with Crippen molar-refractivity contribution in [2.24, 2.45) is 0 Å². The highest BCUT2D eigenvalue weighted by Crippen LogP contribution is 2.32. The fourth-order valence-corrected chi connectivity index (χ4v) is 2.82. The van der Waals surface area contributed by atoms with Gasteiger partial charge in [-0.3, -0.25) is 4.79 Å². The van der Waals surface area contributed by atoms with Crippen LogP contribution in [0.25, 0.3) is 11.6 Å². The SMILES string of the molecule is CCN(CC)c1ccc(C=C2C(=O)Nc3ccccc32)cc1. The standard InChI is InChI=1S/C19H20N2O/c1-3-21(4-2)15-11-9-14(10-12-15)13-17-16-7-5-6-8-18(16)20-19(17)22/h5-13H,3-4H2,1-2H3,(H,20,22). The van der Waals surface area contributed by atoms with E-state index in [1.807, 2.05) is 30.3 Å². The van der Waals surface area contributed by atoms with Crippen LogP contribution in [0.15, 0.2) is 48.5 Å². The lowest BCUT2D eigenvalue weighted by molar-refractivity contribution is -0.110. The lowest BCUT2D eigenvalue weighted by Gasteiger charge is -2.20. The van der Waals surface area contributed by atoms with Gasteiger partial charge >= 0.3 is 0 Å². The minimum absolute atomic E-state index is 0.0333. The van der Waals surface area contributed by atoms with Gasteiger partial charge in [-0.1, -0.05) is 30.3 Å². The Morgan fingerprint density at radius 2 is 1.68 bits per heavy atom. The summed E-state index contributed by atoms with van der Waals surface area (Å²) < 4.78 is 0. The first kappa shape index (κ1) is 14.4. The highest BCUT2D eigenvalue weighted by Gasteiger charge is 2.23. The second kappa shape index (κ2) is 6.06. The Kier molecular flexibility index (Phi) is 3.96. The number of hydrogen-bond acceptors (Lipinski definition) is 2. The van der Waals surface area contributed by atoms with E-state index in [0.717, 1.165) is 35.5 Å². The lowest BCUT2D eigenvalue weighted by Crippen LogP contribution is -2.21. The maximum absolute atomic E-state index is 12.1.